The van der Waals surface area contributed by atoms with E-state index in [4.69, 9.17) is 5.84 Å². The van der Waals surface area contributed by atoms with Gasteiger partial charge in [-0.3, -0.25) is 15.1 Å². The van der Waals surface area contributed by atoms with Crippen molar-refractivity contribution >= 4 is 5.91 Å². The van der Waals surface area contributed by atoms with Crippen LogP contribution in [0.3, 0.4) is 0 Å². The summed E-state index contributed by atoms with van der Waals surface area (Å²) < 4.78 is 13.6. The van der Waals surface area contributed by atoms with Crippen molar-refractivity contribution < 1.29 is 9.18 Å². The summed E-state index contributed by atoms with van der Waals surface area (Å²) in [6, 6.07) is 4.53. The van der Waals surface area contributed by atoms with Crippen molar-refractivity contribution in [2.75, 3.05) is 7.05 Å². The SMILES string of the molecule is CC(C)N(C)Cc1cc(C(=O)NN)ccc1F. The van der Waals surface area contributed by atoms with E-state index >= 15 is 0 Å². The molecule has 3 N–H and O–H groups in total. The summed E-state index contributed by atoms with van der Waals surface area (Å²) in [7, 11) is 1.90. The predicted molar refractivity (Wildman–Crippen MR) is 64.7 cm³/mol. The zero-order valence-electron chi connectivity index (χ0n) is 10.3. The fraction of sp³-hybridized carbons (Fsp3) is 0.417. The molecule has 0 saturated carbocycles. The maximum atomic E-state index is 13.6. The predicted octanol–water partition coefficient (Wildman–Crippen LogP) is 1.27. The monoisotopic (exact) mass is 239 g/mol. The molecule has 1 aromatic carbocycles. The van der Waals surface area contributed by atoms with Crippen molar-refractivity contribution in [3.05, 3.63) is 35.1 Å². The average Bonchev–Trinajstić information content (AvgIpc) is 2.30. The van der Waals surface area contributed by atoms with Crippen LogP contribution < -0.4 is 11.3 Å². The van der Waals surface area contributed by atoms with Crippen molar-refractivity contribution in [1.82, 2.24) is 10.3 Å². The number of benzene rings is 1. The third kappa shape index (κ3) is 3.51. The van der Waals surface area contributed by atoms with Crippen molar-refractivity contribution in [2.45, 2.75) is 26.4 Å². The van der Waals surface area contributed by atoms with Crippen molar-refractivity contribution in [3.8, 4) is 0 Å². The van der Waals surface area contributed by atoms with Crippen LogP contribution in [0.15, 0.2) is 18.2 Å². The van der Waals surface area contributed by atoms with Gasteiger partial charge in [-0.2, -0.15) is 0 Å². The van der Waals surface area contributed by atoms with Crippen molar-refractivity contribution in [3.63, 3.8) is 0 Å². The molecule has 0 atom stereocenters. The second kappa shape index (κ2) is 5.75. The number of rotatable bonds is 4. The topological polar surface area (TPSA) is 58.4 Å². The average molecular weight is 239 g/mol. The van der Waals surface area contributed by atoms with Gasteiger partial charge in [0.25, 0.3) is 5.91 Å². The first kappa shape index (κ1) is 13.6. The highest BCUT2D eigenvalue weighted by atomic mass is 19.1. The molecule has 5 heteroatoms. The molecule has 0 bridgehead atoms. The molecular weight excluding hydrogens is 221 g/mol. The number of hydrazine groups is 1. The molecule has 17 heavy (non-hydrogen) atoms. The summed E-state index contributed by atoms with van der Waals surface area (Å²) in [4.78, 5) is 13.3. The van der Waals surface area contributed by atoms with Gasteiger partial charge in [-0.05, 0) is 39.1 Å². The van der Waals surface area contributed by atoms with Crippen molar-refractivity contribution in [1.29, 1.82) is 0 Å². The van der Waals surface area contributed by atoms with Crippen LogP contribution in [0.4, 0.5) is 4.39 Å². The second-order valence-corrected chi connectivity index (χ2v) is 4.29. The van der Waals surface area contributed by atoms with Gasteiger partial charge in [0, 0.05) is 23.7 Å². The molecule has 4 nitrogen and oxygen atoms in total. The lowest BCUT2D eigenvalue weighted by Gasteiger charge is -2.21. The molecule has 1 amide bonds. The Kier molecular flexibility index (Phi) is 4.60. The highest BCUT2D eigenvalue weighted by Crippen LogP contribution is 2.13. The quantitative estimate of drug-likeness (QED) is 0.472. The van der Waals surface area contributed by atoms with Crippen LogP contribution in [-0.2, 0) is 6.54 Å². The maximum Gasteiger partial charge on any atom is 0.265 e. The van der Waals surface area contributed by atoms with E-state index in [1.807, 2.05) is 31.2 Å². The fourth-order valence-corrected chi connectivity index (χ4v) is 1.37. The van der Waals surface area contributed by atoms with Gasteiger partial charge in [0.2, 0.25) is 0 Å². The summed E-state index contributed by atoms with van der Waals surface area (Å²) >= 11 is 0. The highest BCUT2D eigenvalue weighted by molar-refractivity contribution is 5.93. The first-order valence-electron chi connectivity index (χ1n) is 5.45. The molecule has 0 aromatic heterocycles. The lowest BCUT2D eigenvalue weighted by molar-refractivity contribution is 0.0953. The molecule has 94 valence electrons. The number of nitrogens with one attached hydrogen (secondary N) is 1. The molecule has 0 heterocycles. The fourth-order valence-electron chi connectivity index (χ4n) is 1.37. The third-order valence-electron chi connectivity index (χ3n) is 2.74. The number of nitrogens with zero attached hydrogens (tertiary/aromatic N) is 1. The van der Waals surface area contributed by atoms with Crippen LogP contribution >= 0.6 is 0 Å². The van der Waals surface area contributed by atoms with Gasteiger partial charge in [-0.15, -0.1) is 0 Å². The number of amides is 1. The van der Waals surface area contributed by atoms with Gasteiger partial charge in [0.1, 0.15) is 5.82 Å². The van der Waals surface area contributed by atoms with E-state index in [9.17, 15) is 9.18 Å². The summed E-state index contributed by atoms with van der Waals surface area (Å²) in [5.74, 6) is 4.31. The van der Waals surface area contributed by atoms with Crippen LogP contribution in [0.1, 0.15) is 29.8 Å². The van der Waals surface area contributed by atoms with Gasteiger partial charge in [0.05, 0.1) is 0 Å². The minimum Gasteiger partial charge on any atom is -0.300 e. The third-order valence-corrected chi connectivity index (χ3v) is 2.74. The Bertz CT molecular complexity index is 407. The number of nitrogen functional groups attached to an aromatic ring is 1. The maximum absolute atomic E-state index is 13.6. The minimum absolute atomic E-state index is 0.307. The summed E-state index contributed by atoms with van der Waals surface area (Å²) in [6.07, 6.45) is 0. The van der Waals surface area contributed by atoms with E-state index < -0.39 is 5.91 Å². The van der Waals surface area contributed by atoms with Gasteiger partial charge >= 0.3 is 0 Å². The first-order valence-corrected chi connectivity index (χ1v) is 5.45. The molecule has 0 aliphatic heterocycles. The Morgan fingerprint density at radius 1 is 1.53 bits per heavy atom. The van der Waals surface area contributed by atoms with E-state index in [1.165, 1.54) is 18.2 Å². The van der Waals surface area contributed by atoms with E-state index in [2.05, 4.69) is 0 Å². The molecule has 0 aliphatic carbocycles. The summed E-state index contributed by atoms with van der Waals surface area (Å²) in [5, 5.41) is 0. The molecule has 1 aromatic rings. The molecule has 0 saturated heterocycles. The number of nitrogens with two attached hydrogens (primary N) is 1. The number of halogens is 1. The number of hydrogen-bond donors (Lipinski definition) is 2. The molecule has 0 fully saturated rings. The Labute approximate surface area is 101 Å². The summed E-state index contributed by atoms with van der Waals surface area (Å²) in [5.41, 5.74) is 2.88. The molecular formula is C12H18FN3O. The number of carbonyl (C=O) groups excluding carboxylic acids is 1. The molecule has 1 rings (SSSR count). The molecule has 0 aliphatic rings. The highest BCUT2D eigenvalue weighted by Gasteiger charge is 2.11. The van der Waals surface area contributed by atoms with Crippen LogP contribution in [0.5, 0.6) is 0 Å². The summed E-state index contributed by atoms with van der Waals surface area (Å²) in [6.45, 7) is 4.50. The molecule has 0 unspecified atom stereocenters. The minimum atomic E-state index is -0.418. The van der Waals surface area contributed by atoms with Crippen LogP contribution in [0.2, 0.25) is 0 Å². The smallest absolute Gasteiger partial charge is 0.265 e. The number of hydrogen-bond acceptors (Lipinski definition) is 3. The van der Waals surface area contributed by atoms with Crippen LogP contribution in [0.25, 0.3) is 0 Å². The van der Waals surface area contributed by atoms with E-state index in [0.29, 0.717) is 23.7 Å². The molecule has 0 radical (unpaired) electrons. The standard InChI is InChI=1S/C12H18FN3O/c1-8(2)16(3)7-10-6-9(12(17)15-14)4-5-11(10)13/h4-6,8H,7,14H2,1-3H3,(H,15,17). The van der Waals surface area contributed by atoms with E-state index in [-0.39, 0.29) is 5.82 Å². The Morgan fingerprint density at radius 2 is 2.18 bits per heavy atom. The van der Waals surface area contributed by atoms with Crippen LogP contribution in [-0.4, -0.2) is 23.9 Å². The zero-order valence-corrected chi connectivity index (χ0v) is 10.3. The largest absolute Gasteiger partial charge is 0.300 e. The van der Waals surface area contributed by atoms with E-state index in [0.717, 1.165) is 0 Å². The Balaban J connectivity index is 2.94. The van der Waals surface area contributed by atoms with Crippen LogP contribution in [0, 0.1) is 5.82 Å². The lowest BCUT2D eigenvalue weighted by atomic mass is 10.1. The Morgan fingerprint density at radius 3 is 2.71 bits per heavy atom. The van der Waals surface area contributed by atoms with Gasteiger partial charge in [-0.1, -0.05) is 0 Å². The first-order chi connectivity index (χ1) is 7.95. The number of carbonyl (C=O) groups is 1. The lowest BCUT2D eigenvalue weighted by Crippen LogP contribution is -2.30. The van der Waals surface area contributed by atoms with Gasteiger partial charge < -0.3 is 0 Å². The Hall–Kier alpha value is -1.46. The normalized spacial score (nSPS) is 11.0. The van der Waals surface area contributed by atoms with Gasteiger partial charge in [-0.25, -0.2) is 10.2 Å². The molecule has 0 spiro atoms. The van der Waals surface area contributed by atoms with Crippen molar-refractivity contribution in [2.24, 2.45) is 5.84 Å². The zero-order chi connectivity index (χ0) is 13.0. The second-order valence-electron chi connectivity index (χ2n) is 4.29. The van der Waals surface area contributed by atoms with Gasteiger partial charge in [0.15, 0.2) is 0 Å². The van der Waals surface area contributed by atoms with E-state index in [1.54, 1.807) is 0 Å².